The van der Waals surface area contributed by atoms with Crippen LogP contribution in [-0.4, -0.2) is 16.1 Å². The van der Waals surface area contributed by atoms with Gasteiger partial charge in [0, 0.05) is 18.4 Å². The number of hydrogen-bond acceptors (Lipinski definition) is 4. The van der Waals surface area contributed by atoms with E-state index < -0.39 is 0 Å². The van der Waals surface area contributed by atoms with E-state index >= 15 is 0 Å². The van der Waals surface area contributed by atoms with Gasteiger partial charge in [0.25, 0.3) is 5.89 Å². The maximum Gasteiger partial charge on any atom is 0.253 e. The number of benzene rings is 1. The number of alkyl halides is 1. The molecule has 0 aliphatic rings. The molecule has 0 aliphatic heterocycles. The number of aryl methyl sites for hydroxylation is 1. The predicted molar refractivity (Wildman–Crippen MR) is 59.5 cm³/mol. The second-order valence-corrected chi connectivity index (χ2v) is 3.65. The summed E-state index contributed by atoms with van der Waals surface area (Å²) in [7, 11) is 0. The van der Waals surface area contributed by atoms with Gasteiger partial charge in [-0.2, -0.15) is 0 Å². The molecule has 90 valence electrons. The smallest absolute Gasteiger partial charge is 0.253 e. The molecule has 0 bridgehead atoms. The van der Waals surface area contributed by atoms with Gasteiger partial charge in [-0.05, 0) is 12.1 Å². The van der Waals surface area contributed by atoms with Gasteiger partial charge in [-0.3, -0.25) is 0 Å². The molecule has 0 saturated carbocycles. The highest BCUT2D eigenvalue weighted by Crippen LogP contribution is 2.13. The molecule has 17 heavy (non-hydrogen) atoms. The van der Waals surface area contributed by atoms with Crippen molar-refractivity contribution in [3.05, 3.63) is 41.9 Å². The van der Waals surface area contributed by atoms with Gasteiger partial charge in [-0.15, -0.1) is 21.8 Å². The predicted octanol–water partition coefficient (Wildman–Crippen LogP) is 2.57. The number of rotatable bonds is 5. The van der Waals surface area contributed by atoms with Crippen molar-refractivity contribution in [2.24, 2.45) is 0 Å². The minimum absolute atomic E-state index is 0.110. The van der Waals surface area contributed by atoms with Crippen molar-refractivity contribution >= 4 is 11.6 Å². The molecule has 1 aromatic heterocycles. The maximum absolute atomic E-state index is 12.9. The van der Waals surface area contributed by atoms with Crippen molar-refractivity contribution in [3.8, 4) is 5.75 Å². The van der Waals surface area contributed by atoms with Crippen molar-refractivity contribution in [2.75, 3.05) is 5.88 Å². The second-order valence-electron chi connectivity index (χ2n) is 3.27. The summed E-state index contributed by atoms with van der Waals surface area (Å²) in [5, 5.41) is 7.56. The molecule has 0 fully saturated rings. The first-order valence-electron chi connectivity index (χ1n) is 5.03. The number of nitrogens with zero attached hydrogens (tertiary/aromatic N) is 2. The molecular formula is C11H10ClFN2O2. The number of ether oxygens (including phenoxy) is 1. The second kappa shape index (κ2) is 5.63. The zero-order chi connectivity index (χ0) is 12.1. The number of halogens is 2. The summed E-state index contributed by atoms with van der Waals surface area (Å²) >= 11 is 5.53. The van der Waals surface area contributed by atoms with E-state index in [4.69, 9.17) is 20.8 Å². The summed E-state index contributed by atoms with van der Waals surface area (Å²) in [5.74, 6) is 1.30. The number of hydrogen-bond donors (Lipinski definition) is 0. The van der Waals surface area contributed by atoms with E-state index in [1.165, 1.54) is 12.1 Å². The van der Waals surface area contributed by atoms with Crippen LogP contribution in [0.15, 0.2) is 28.7 Å². The fraction of sp³-hybridized carbons (Fsp3) is 0.273. The van der Waals surface area contributed by atoms with Gasteiger partial charge in [0.15, 0.2) is 6.61 Å². The minimum Gasteiger partial charge on any atom is -0.484 e. The van der Waals surface area contributed by atoms with Crippen molar-refractivity contribution in [3.63, 3.8) is 0 Å². The van der Waals surface area contributed by atoms with Crippen molar-refractivity contribution in [1.82, 2.24) is 10.2 Å². The van der Waals surface area contributed by atoms with Gasteiger partial charge < -0.3 is 9.15 Å². The SMILES string of the molecule is Fc1cccc(OCc2nnc(CCCl)o2)c1. The lowest BCUT2D eigenvalue weighted by Crippen LogP contribution is -1.95. The molecule has 0 saturated heterocycles. The molecule has 0 aliphatic carbocycles. The van der Waals surface area contributed by atoms with Crippen LogP contribution >= 0.6 is 11.6 Å². The van der Waals surface area contributed by atoms with E-state index in [1.807, 2.05) is 0 Å². The largest absolute Gasteiger partial charge is 0.484 e. The highest BCUT2D eigenvalue weighted by atomic mass is 35.5. The molecule has 2 aromatic rings. The van der Waals surface area contributed by atoms with Gasteiger partial charge in [0.2, 0.25) is 5.89 Å². The Morgan fingerprint density at radius 1 is 1.29 bits per heavy atom. The summed E-state index contributed by atoms with van der Waals surface area (Å²) in [6, 6.07) is 5.85. The third-order valence-electron chi connectivity index (χ3n) is 1.98. The molecule has 1 aromatic carbocycles. The van der Waals surface area contributed by atoms with Crippen LogP contribution in [0.4, 0.5) is 4.39 Å². The Labute approximate surface area is 102 Å². The van der Waals surface area contributed by atoms with Crippen LogP contribution in [0.1, 0.15) is 11.8 Å². The van der Waals surface area contributed by atoms with E-state index in [2.05, 4.69) is 10.2 Å². The normalized spacial score (nSPS) is 10.5. The monoisotopic (exact) mass is 256 g/mol. The molecule has 0 amide bonds. The van der Waals surface area contributed by atoms with E-state index in [-0.39, 0.29) is 12.4 Å². The Hall–Kier alpha value is -1.62. The molecular weight excluding hydrogens is 247 g/mol. The highest BCUT2D eigenvalue weighted by Gasteiger charge is 2.06. The standard InChI is InChI=1S/C11H10ClFN2O2/c12-5-4-10-14-15-11(17-10)7-16-9-3-1-2-8(13)6-9/h1-3,6H,4-5,7H2. The summed E-state index contributed by atoms with van der Waals surface area (Å²) in [4.78, 5) is 0. The van der Waals surface area contributed by atoms with Gasteiger partial charge in [-0.25, -0.2) is 4.39 Å². The van der Waals surface area contributed by atoms with Gasteiger partial charge in [-0.1, -0.05) is 6.07 Å². The highest BCUT2D eigenvalue weighted by molar-refractivity contribution is 6.17. The Morgan fingerprint density at radius 2 is 2.12 bits per heavy atom. The summed E-state index contributed by atoms with van der Waals surface area (Å²) in [5.41, 5.74) is 0. The first-order chi connectivity index (χ1) is 8.28. The van der Waals surface area contributed by atoms with Gasteiger partial charge in [0.05, 0.1) is 0 Å². The van der Waals surface area contributed by atoms with Crippen LogP contribution in [0, 0.1) is 5.82 Å². The fourth-order valence-corrected chi connectivity index (χ4v) is 1.39. The molecule has 0 unspecified atom stereocenters. The van der Waals surface area contributed by atoms with Gasteiger partial charge >= 0.3 is 0 Å². The fourth-order valence-electron chi connectivity index (χ4n) is 1.23. The van der Waals surface area contributed by atoms with Gasteiger partial charge in [0.1, 0.15) is 11.6 Å². The molecule has 2 rings (SSSR count). The van der Waals surface area contributed by atoms with Crippen molar-refractivity contribution < 1.29 is 13.5 Å². The summed E-state index contributed by atoms with van der Waals surface area (Å²) in [6.07, 6.45) is 0.522. The minimum atomic E-state index is -0.351. The van der Waals surface area contributed by atoms with Crippen molar-refractivity contribution in [1.29, 1.82) is 0 Å². The third-order valence-corrected chi connectivity index (χ3v) is 2.16. The van der Waals surface area contributed by atoms with E-state index in [0.717, 1.165) is 0 Å². The van der Waals surface area contributed by atoms with Crippen LogP contribution in [0.3, 0.4) is 0 Å². The lowest BCUT2D eigenvalue weighted by atomic mass is 10.3. The average molecular weight is 257 g/mol. The van der Waals surface area contributed by atoms with Crippen LogP contribution in [0.25, 0.3) is 0 Å². The Kier molecular flexibility index (Phi) is 3.93. The zero-order valence-corrected chi connectivity index (χ0v) is 9.65. The van der Waals surface area contributed by atoms with E-state index in [9.17, 15) is 4.39 Å². The molecule has 1 heterocycles. The quantitative estimate of drug-likeness (QED) is 0.772. The maximum atomic E-state index is 12.9. The number of aromatic nitrogens is 2. The molecule has 0 radical (unpaired) electrons. The van der Waals surface area contributed by atoms with Crippen LogP contribution in [0.5, 0.6) is 5.75 Å². The van der Waals surface area contributed by atoms with Crippen LogP contribution in [0.2, 0.25) is 0 Å². The molecule has 4 nitrogen and oxygen atoms in total. The summed E-state index contributed by atoms with van der Waals surface area (Å²) in [6.45, 7) is 0.110. The Morgan fingerprint density at radius 3 is 2.88 bits per heavy atom. The lowest BCUT2D eigenvalue weighted by molar-refractivity contribution is 0.258. The van der Waals surface area contributed by atoms with E-state index in [0.29, 0.717) is 29.8 Å². The van der Waals surface area contributed by atoms with Crippen molar-refractivity contribution in [2.45, 2.75) is 13.0 Å². The molecule has 0 N–H and O–H groups in total. The first-order valence-corrected chi connectivity index (χ1v) is 5.57. The Bertz CT molecular complexity index is 490. The molecule has 6 heteroatoms. The van der Waals surface area contributed by atoms with Crippen LogP contribution < -0.4 is 4.74 Å². The summed E-state index contributed by atoms with van der Waals surface area (Å²) < 4.78 is 23.4. The van der Waals surface area contributed by atoms with E-state index in [1.54, 1.807) is 12.1 Å². The average Bonchev–Trinajstić information content (AvgIpc) is 2.75. The van der Waals surface area contributed by atoms with Crippen LogP contribution in [-0.2, 0) is 13.0 Å². The Balaban J connectivity index is 1.93. The third kappa shape index (κ3) is 3.42. The molecule has 0 atom stereocenters. The lowest BCUT2D eigenvalue weighted by Gasteiger charge is -2.02. The first kappa shape index (κ1) is 11.9. The zero-order valence-electron chi connectivity index (χ0n) is 8.90. The molecule has 0 spiro atoms. The topological polar surface area (TPSA) is 48.2 Å².